The number of aryl methyl sites for hydroxylation is 2. The van der Waals surface area contributed by atoms with E-state index in [-0.39, 0.29) is 5.91 Å². The number of hydrogen-bond acceptors (Lipinski definition) is 4. The number of carbonyl (C=O) groups excluding carboxylic acids is 1. The molecule has 3 aromatic heterocycles. The molecule has 2 N–H and O–H groups in total. The van der Waals surface area contributed by atoms with Crippen LogP contribution in [0.1, 0.15) is 40.7 Å². The van der Waals surface area contributed by atoms with E-state index in [1.165, 1.54) is 0 Å². The normalized spacial score (nSPS) is 17.2. The van der Waals surface area contributed by atoms with E-state index in [0.717, 1.165) is 24.2 Å². The fourth-order valence-electron chi connectivity index (χ4n) is 3.04. The van der Waals surface area contributed by atoms with Crippen LogP contribution in [0, 0.1) is 6.92 Å². The monoisotopic (exact) mass is 311 g/mol. The molecule has 23 heavy (non-hydrogen) atoms. The molecule has 7 heteroatoms. The molecule has 0 aliphatic carbocycles. The van der Waals surface area contributed by atoms with Gasteiger partial charge in [-0.15, -0.1) is 0 Å². The summed E-state index contributed by atoms with van der Waals surface area (Å²) in [5.74, 6) is -0.280. The number of nitrogens with zero attached hydrogens (tertiary/aromatic N) is 4. The Hall–Kier alpha value is -2.67. The number of carbonyl (C=O) groups is 1. The van der Waals surface area contributed by atoms with Crippen LogP contribution in [0.15, 0.2) is 30.7 Å². The topological polar surface area (TPSA) is 84.5 Å². The van der Waals surface area contributed by atoms with Crippen LogP contribution in [0.3, 0.4) is 0 Å². The second-order valence-corrected chi connectivity index (χ2v) is 5.86. The molecule has 0 aromatic carbocycles. The fraction of sp³-hybridized carbons (Fsp3) is 0.312. The van der Waals surface area contributed by atoms with Gasteiger partial charge in [0.25, 0.3) is 5.91 Å². The minimum absolute atomic E-state index is 0.280. The summed E-state index contributed by atoms with van der Waals surface area (Å²) in [6, 6.07) is 3.55. The molecule has 4 heterocycles. The van der Waals surface area contributed by atoms with Crippen molar-refractivity contribution in [1.29, 1.82) is 0 Å². The molecule has 4 rings (SSSR count). The molecule has 0 saturated heterocycles. The van der Waals surface area contributed by atoms with E-state index in [2.05, 4.69) is 15.4 Å². The number of fused-ring (bicyclic) bond motifs is 2. The van der Waals surface area contributed by atoms with E-state index in [4.69, 9.17) is 0 Å². The molecule has 0 saturated carbocycles. The summed E-state index contributed by atoms with van der Waals surface area (Å²) >= 11 is 0. The maximum Gasteiger partial charge on any atom is 0.276 e. The van der Waals surface area contributed by atoms with Gasteiger partial charge in [0.2, 0.25) is 0 Å². The van der Waals surface area contributed by atoms with Gasteiger partial charge >= 0.3 is 0 Å². The minimum Gasteiger partial charge on any atom is -0.387 e. The van der Waals surface area contributed by atoms with Gasteiger partial charge in [-0.1, -0.05) is 0 Å². The lowest BCUT2D eigenvalue weighted by atomic mass is 10.1. The summed E-state index contributed by atoms with van der Waals surface area (Å²) in [4.78, 5) is 16.7. The van der Waals surface area contributed by atoms with Gasteiger partial charge in [0.05, 0.1) is 17.5 Å². The van der Waals surface area contributed by atoms with Crippen molar-refractivity contribution in [3.05, 3.63) is 47.7 Å². The summed E-state index contributed by atoms with van der Waals surface area (Å²) in [6.45, 7) is 2.68. The highest BCUT2D eigenvalue weighted by Gasteiger charge is 2.22. The highest BCUT2D eigenvalue weighted by Crippen LogP contribution is 2.25. The van der Waals surface area contributed by atoms with E-state index in [1.807, 2.05) is 29.8 Å². The Kier molecular flexibility index (Phi) is 3.16. The molecule has 7 nitrogen and oxygen atoms in total. The summed E-state index contributed by atoms with van der Waals surface area (Å²) in [5, 5.41) is 17.1. The smallest absolute Gasteiger partial charge is 0.276 e. The second kappa shape index (κ2) is 5.20. The van der Waals surface area contributed by atoms with Crippen LogP contribution in [0.5, 0.6) is 0 Å². The van der Waals surface area contributed by atoms with Crippen molar-refractivity contribution >= 4 is 17.2 Å². The molecule has 1 amide bonds. The van der Waals surface area contributed by atoms with Crippen LogP contribution in [-0.2, 0) is 6.54 Å². The third-order valence-electron chi connectivity index (χ3n) is 4.16. The zero-order valence-electron chi connectivity index (χ0n) is 12.7. The summed E-state index contributed by atoms with van der Waals surface area (Å²) in [5.41, 5.74) is 3.56. The number of amides is 1. The van der Waals surface area contributed by atoms with Crippen LogP contribution in [-0.4, -0.2) is 30.2 Å². The second-order valence-electron chi connectivity index (χ2n) is 5.86. The quantitative estimate of drug-likeness (QED) is 0.757. The summed E-state index contributed by atoms with van der Waals surface area (Å²) in [7, 11) is 0. The Labute approximate surface area is 132 Å². The molecule has 118 valence electrons. The number of pyridine rings is 1. The van der Waals surface area contributed by atoms with Crippen molar-refractivity contribution in [3.63, 3.8) is 0 Å². The Morgan fingerprint density at radius 2 is 2.30 bits per heavy atom. The lowest BCUT2D eigenvalue weighted by molar-refractivity contribution is 0.102. The third kappa shape index (κ3) is 2.39. The third-order valence-corrected chi connectivity index (χ3v) is 4.16. The van der Waals surface area contributed by atoms with Crippen molar-refractivity contribution in [2.75, 3.05) is 5.32 Å². The molecular formula is C16H17N5O2. The van der Waals surface area contributed by atoms with Gasteiger partial charge in [0, 0.05) is 25.1 Å². The number of aromatic nitrogens is 4. The highest BCUT2D eigenvalue weighted by molar-refractivity contribution is 6.03. The summed E-state index contributed by atoms with van der Waals surface area (Å²) in [6.07, 6.45) is 6.42. The number of nitrogens with one attached hydrogen (secondary N) is 1. The van der Waals surface area contributed by atoms with Crippen molar-refractivity contribution in [2.45, 2.75) is 32.4 Å². The van der Waals surface area contributed by atoms with E-state index in [9.17, 15) is 9.90 Å². The minimum atomic E-state index is -0.539. The predicted octanol–water partition coefficient (Wildman–Crippen LogP) is 1.92. The van der Waals surface area contributed by atoms with Crippen molar-refractivity contribution in [1.82, 2.24) is 19.2 Å². The predicted molar refractivity (Wildman–Crippen MR) is 84.3 cm³/mol. The average Bonchev–Trinajstić information content (AvgIpc) is 3.14. The van der Waals surface area contributed by atoms with Crippen molar-refractivity contribution in [3.8, 4) is 0 Å². The lowest BCUT2D eigenvalue weighted by Gasteiger charge is -2.18. The number of anilines is 1. The number of hydrogen-bond donors (Lipinski definition) is 2. The maximum atomic E-state index is 12.4. The number of aliphatic hydroxyl groups excluding tert-OH is 1. The maximum absolute atomic E-state index is 12.4. The Morgan fingerprint density at radius 1 is 1.43 bits per heavy atom. The first-order valence-corrected chi connectivity index (χ1v) is 7.62. The van der Waals surface area contributed by atoms with Crippen LogP contribution in [0.4, 0.5) is 5.69 Å². The molecule has 3 aromatic rings. The molecule has 1 unspecified atom stereocenters. The first kappa shape index (κ1) is 14.0. The van der Waals surface area contributed by atoms with Gasteiger partial charge in [-0.05, 0) is 37.5 Å². The van der Waals surface area contributed by atoms with Crippen LogP contribution >= 0.6 is 0 Å². The van der Waals surface area contributed by atoms with Crippen LogP contribution in [0.25, 0.3) is 5.65 Å². The Morgan fingerprint density at radius 3 is 3.13 bits per heavy atom. The molecule has 0 bridgehead atoms. The largest absolute Gasteiger partial charge is 0.387 e. The number of rotatable bonds is 2. The SMILES string of the molecule is Cc1cc(NC(=O)c2cc3n(n2)CCCC3O)cn2ccnc12. The van der Waals surface area contributed by atoms with Gasteiger partial charge in [-0.2, -0.15) is 5.10 Å². The molecule has 0 fully saturated rings. The molecule has 1 aliphatic rings. The number of aliphatic hydroxyl groups is 1. The Balaban J connectivity index is 1.62. The first-order chi connectivity index (χ1) is 11.1. The van der Waals surface area contributed by atoms with Crippen LogP contribution in [0.2, 0.25) is 0 Å². The first-order valence-electron chi connectivity index (χ1n) is 7.62. The highest BCUT2D eigenvalue weighted by atomic mass is 16.3. The molecule has 0 spiro atoms. The molecule has 1 aliphatic heterocycles. The van der Waals surface area contributed by atoms with Gasteiger partial charge in [0.15, 0.2) is 5.69 Å². The van der Waals surface area contributed by atoms with Crippen molar-refractivity contribution in [2.24, 2.45) is 0 Å². The number of imidazole rings is 1. The zero-order valence-corrected chi connectivity index (χ0v) is 12.7. The van der Waals surface area contributed by atoms with Crippen LogP contribution < -0.4 is 5.32 Å². The van der Waals surface area contributed by atoms with Gasteiger partial charge in [0.1, 0.15) is 5.65 Å². The van der Waals surface area contributed by atoms with E-state index in [1.54, 1.807) is 16.9 Å². The van der Waals surface area contributed by atoms with Crippen molar-refractivity contribution < 1.29 is 9.90 Å². The van der Waals surface area contributed by atoms with E-state index in [0.29, 0.717) is 23.5 Å². The standard InChI is InChI=1S/C16H17N5O2/c1-10-7-11(9-20-6-4-17-15(10)20)18-16(23)12-8-13-14(22)3-2-5-21(13)19-12/h4,6-9,14,22H,2-3,5H2,1H3,(H,18,23). The van der Waals surface area contributed by atoms with Gasteiger partial charge in [-0.3, -0.25) is 9.48 Å². The lowest BCUT2D eigenvalue weighted by Crippen LogP contribution is -2.16. The van der Waals surface area contributed by atoms with Gasteiger partial charge < -0.3 is 14.8 Å². The average molecular weight is 311 g/mol. The Bertz CT molecular complexity index is 895. The zero-order chi connectivity index (χ0) is 16.0. The van der Waals surface area contributed by atoms with E-state index >= 15 is 0 Å². The molecule has 0 radical (unpaired) electrons. The fourth-order valence-corrected chi connectivity index (χ4v) is 3.04. The van der Waals surface area contributed by atoms with Gasteiger partial charge in [-0.25, -0.2) is 4.98 Å². The van der Waals surface area contributed by atoms with E-state index < -0.39 is 6.10 Å². The summed E-state index contributed by atoms with van der Waals surface area (Å²) < 4.78 is 3.58. The molecular weight excluding hydrogens is 294 g/mol. The molecule has 1 atom stereocenters.